The van der Waals surface area contributed by atoms with Gasteiger partial charge in [-0.05, 0) is 6.42 Å². The minimum atomic E-state index is -2.39. The zero-order valence-corrected chi connectivity index (χ0v) is 5.05. The van der Waals surface area contributed by atoms with Crippen molar-refractivity contribution in [3.05, 3.63) is 0 Å². The van der Waals surface area contributed by atoms with Crippen LogP contribution in [0.3, 0.4) is 0 Å². The van der Waals surface area contributed by atoms with E-state index in [2.05, 4.69) is 0 Å². The first-order chi connectivity index (χ1) is 4.61. The van der Waals surface area contributed by atoms with Crippen molar-refractivity contribution in [2.45, 2.75) is 18.9 Å². The van der Waals surface area contributed by atoms with Crippen molar-refractivity contribution in [1.29, 1.82) is 0 Å². The topological polar surface area (TPSA) is 49.3 Å². The molecule has 2 N–H and O–H groups in total. The molecule has 0 aliphatic heterocycles. The number of alkyl halides is 2. The van der Waals surface area contributed by atoms with E-state index in [9.17, 15) is 13.6 Å². The Morgan fingerprint density at radius 1 is 1.70 bits per heavy atom. The van der Waals surface area contributed by atoms with Crippen molar-refractivity contribution < 1.29 is 18.7 Å². The molecule has 0 bridgehead atoms. The number of halogens is 2. The van der Waals surface area contributed by atoms with Gasteiger partial charge in [-0.25, -0.2) is 13.6 Å². The third-order valence-corrected chi connectivity index (χ3v) is 1.47. The second-order valence-electron chi connectivity index (χ2n) is 2.29. The lowest BCUT2D eigenvalue weighted by Gasteiger charge is -1.96. The van der Waals surface area contributed by atoms with Gasteiger partial charge in [0, 0.05) is 12.0 Å². The molecule has 1 saturated carbocycles. The third-order valence-electron chi connectivity index (χ3n) is 1.47. The van der Waals surface area contributed by atoms with Crippen molar-refractivity contribution >= 4 is 6.09 Å². The van der Waals surface area contributed by atoms with E-state index in [1.165, 1.54) is 0 Å². The van der Waals surface area contributed by atoms with Gasteiger partial charge in [0.1, 0.15) is 0 Å². The fourth-order valence-electron chi connectivity index (χ4n) is 0.818. The lowest BCUT2D eigenvalue weighted by Crippen LogP contribution is -2.25. The van der Waals surface area contributed by atoms with Crippen LogP contribution in [0.2, 0.25) is 0 Å². The molecule has 0 saturated heterocycles. The zero-order chi connectivity index (χ0) is 7.72. The quantitative estimate of drug-likeness (QED) is 0.616. The normalized spacial score (nSPS) is 30.3. The summed E-state index contributed by atoms with van der Waals surface area (Å²) in [6.45, 7) is 0. The summed E-state index contributed by atoms with van der Waals surface area (Å²) in [5.74, 6) is -0.754. The number of amides is 1. The van der Waals surface area contributed by atoms with Crippen molar-refractivity contribution in [1.82, 2.24) is 5.32 Å². The molecule has 0 aromatic carbocycles. The highest BCUT2D eigenvalue weighted by Gasteiger charge is 2.45. The van der Waals surface area contributed by atoms with Gasteiger partial charge in [0.2, 0.25) is 6.43 Å². The van der Waals surface area contributed by atoms with E-state index >= 15 is 0 Å². The first-order valence-electron chi connectivity index (χ1n) is 2.89. The maximum absolute atomic E-state index is 11.7. The standard InChI is InChI=1S/C5H7F2NO2/c6-4(7)2-1-3(2)8-5(9)10/h2-4,8H,1H2,(H,9,10). The molecule has 2 atom stereocenters. The molecule has 0 radical (unpaired) electrons. The molecule has 0 spiro atoms. The van der Waals surface area contributed by atoms with Crippen molar-refractivity contribution in [2.24, 2.45) is 5.92 Å². The Labute approximate surface area is 56.0 Å². The van der Waals surface area contributed by atoms with E-state index in [1.807, 2.05) is 5.32 Å². The van der Waals surface area contributed by atoms with Gasteiger partial charge in [-0.1, -0.05) is 0 Å². The van der Waals surface area contributed by atoms with Crippen LogP contribution in [-0.2, 0) is 0 Å². The second-order valence-corrected chi connectivity index (χ2v) is 2.29. The molecule has 2 unspecified atom stereocenters. The number of nitrogens with one attached hydrogen (secondary N) is 1. The van der Waals surface area contributed by atoms with Gasteiger partial charge in [-0.15, -0.1) is 0 Å². The van der Waals surface area contributed by atoms with Gasteiger partial charge in [0.05, 0.1) is 0 Å². The average Bonchev–Trinajstić information content (AvgIpc) is 2.43. The van der Waals surface area contributed by atoms with Gasteiger partial charge < -0.3 is 10.4 Å². The lowest BCUT2D eigenvalue weighted by molar-refractivity contribution is 0.118. The predicted molar refractivity (Wildman–Crippen MR) is 29.1 cm³/mol. The first kappa shape index (κ1) is 7.24. The predicted octanol–water partition coefficient (Wildman–Crippen LogP) is 0.908. The number of hydrogen-bond acceptors (Lipinski definition) is 1. The molecule has 10 heavy (non-hydrogen) atoms. The highest BCUT2D eigenvalue weighted by molar-refractivity contribution is 5.65. The van der Waals surface area contributed by atoms with Crippen LogP contribution in [0, 0.1) is 5.92 Å². The van der Waals surface area contributed by atoms with E-state index in [-0.39, 0.29) is 6.42 Å². The van der Waals surface area contributed by atoms with Gasteiger partial charge in [0.15, 0.2) is 0 Å². The second kappa shape index (κ2) is 2.40. The Bertz CT molecular complexity index is 151. The molecule has 0 heterocycles. The molecule has 1 rings (SSSR count). The van der Waals surface area contributed by atoms with E-state index in [0.717, 1.165) is 0 Å². The van der Waals surface area contributed by atoms with Gasteiger partial charge in [0.25, 0.3) is 0 Å². The molecule has 1 amide bonds. The average molecular weight is 151 g/mol. The Balaban J connectivity index is 2.19. The monoisotopic (exact) mass is 151 g/mol. The van der Waals surface area contributed by atoms with Crippen molar-refractivity contribution in [3.8, 4) is 0 Å². The van der Waals surface area contributed by atoms with E-state index in [0.29, 0.717) is 0 Å². The van der Waals surface area contributed by atoms with Crippen LogP contribution in [0.1, 0.15) is 6.42 Å². The molecule has 58 valence electrons. The minimum absolute atomic E-state index is 0.268. The van der Waals surface area contributed by atoms with Gasteiger partial charge >= 0.3 is 6.09 Å². The first-order valence-corrected chi connectivity index (χ1v) is 2.89. The van der Waals surface area contributed by atoms with Crippen LogP contribution >= 0.6 is 0 Å². The lowest BCUT2D eigenvalue weighted by atomic mass is 10.4. The SMILES string of the molecule is O=C(O)NC1CC1C(F)F. The summed E-state index contributed by atoms with van der Waals surface area (Å²) in [5, 5.41) is 10.1. The van der Waals surface area contributed by atoms with Crippen LogP contribution in [0.15, 0.2) is 0 Å². The highest BCUT2D eigenvalue weighted by atomic mass is 19.3. The fourth-order valence-corrected chi connectivity index (χ4v) is 0.818. The summed E-state index contributed by atoms with van der Waals surface area (Å²) in [5.41, 5.74) is 0. The maximum Gasteiger partial charge on any atom is 0.404 e. The molecule has 1 aliphatic carbocycles. The maximum atomic E-state index is 11.7. The number of rotatable bonds is 2. The van der Waals surface area contributed by atoms with E-state index in [4.69, 9.17) is 5.11 Å². The summed E-state index contributed by atoms with van der Waals surface area (Å²) < 4.78 is 23.4. The number of carbonyl (C=O) groups is 1. The summed E-state index contributed by atoms with van der Waals surface area (Å²) in [6.07, 6.45) is -3.35. The van der Waals surface area contributed by atoms with Gasteiger partial charge in [-0.2, -0.15) is 0 Å². The molecule has 3 nitrogen and oxygen atoms in total. The largest absolute Gasteiger partial charge is 0.465 e. The number of carboxylic acid groups (broad SMARTS) is 1. The number of hydrogen-bond donors (Lipinski definition) is 2. The van der Waals surface area contributed by atoms with E-state index in [1.54, 1.807) is 0 Å². The molecule has 1 fully saturated rings. The van der Waals surface area contributed by atoms with Crippen molar-refractivity contribution in [3.63, 3.8) is 0 Å². The van der Waals surface area contributed by atoms with E-state index < -0.39 is 24.5 Å². The molecule has 0 aromatic rings. The fraction of sp³-hybridized carbons (Fsp3) is 0.800. The van der Waals surface area contributed by atoms with Crippen LogP contribution in [0.4, 0.5) is 13.6 Å². The van der Waals surface area contributed by atoms with Crippen LogP contribution in [0.5, 0.6) is 0 Å². The minimum Gasteiger partial charge on any atom is -0.465 e. The molecule has 1 aliphatic rings. The van der Waals surface area contributed by atoms with Gasteiger partial charge in [-0.3, -0.25) is 0 Å². The summed E-state index contributed by atoms with van der Waals surface area (Å²) in [6, 6.07) is -0.516. The third kappa shape index (κ3) is 1.55. The van der Waals surface area contributed by atoms with Crippen molar-refractivity contribution in [2.75, 3.05) is 0 Å². The molecule has 0 aromatic heterocycles. The van der Waals surface area contributed by atoms with Crippen LogP contribution in [0.25, 0.3) is 0 Å². The molecule has 5 heteroatoms. The van der Waals surface area contributed by atoms with Crippen LogP contribution in [-0.4, -0.2) is 23.7 Å². The Hall–Kier alpha value is -0.870. The summed E-state index contributed by atoms with van der Waals surface area (Å²) in [7, 11) is 0. The zero-order valence-electron chi connectivity index (χ0n) is 5.05. The molecular weight excluding hydrogens is 144 g/mol. The Morgan fingerprint density at radius 3 is 2.60 bits per heavy atom. The Kier molecular flexibility index (Phi) is 1.74. The summed E-state index contributed by atoms with van der Waals surface area (Å²) in [4.78, 5) is 9.86. The van der Waals surface area contributed by atoms with Crippen LogP contribution < -0.4 is 5.32 Å². The smallest absolute Gasteiger partial charge is 0.404 e. The molecular formula is C5H7F2NO2. The highest BCUT2D eigenvalue weighted by Crippen LogP contribution is 2.35. The Morgan fingerprint density at radius 2 is 2.30 bits per heavy atom. The summed E-state index contributed by atoms with van der Waals surface area (Å²) >= 11 is 0.